The van der Waals surface area contributed by atoms with E-state index in [0.717, 1.165) is 11.1 Å². The van der Waals surface area contributed by atoms with Gasteiger partial charge in [0.25, 0.3) is 0 Å². The zero-order valence-electron chi connectivity index (χ0n) is 15.8. The Morgan fingerprint density at radius 1 is 1.21 bits per heavy atom. The van der Waals surface area contributed by atoms with Crippen LogP contribution in [0, 0.1) is 5.92 Å². The van der Waals surface area contributed by atoms with Crippen molar-refractivity contribution in [2.24, 2.45) is 5.92 Å². The van der Waals surface area contributed by atoms with Crippen LogP contribution in [0.15, 0.2) is 48.5 Å². The van der Waals surface area contributed by atoms with Crippen LogP contribution >= 0.6 is 11.6 Å². The van der Waals surface area contributed by atoms with Gasteiger partial charge in [-0.1, -0.05) is 61.8 Å². The Morgan fingerprint density at radius 2 is 1.93 bits per heavy atom. The first kappa shape index (κ1) is 19.0. The highest BCUT2D eigenvalue weighted by Crippen LogP contribution is 2.55. The number of nitrogens with one attached hydrogen (secondary N) is 2. The highest BCUT2D eigenvalue weighted by molar-refractivity contribution is 6.31. The van der Waals surface area contributed by atoms with Gasteiger partial charge >= 0.3 is 5.97 Å². The van der Waals surface area contributed by atoms with E-state index in [1.54, 1.807) is 12.1 Å². The van der Waals surface area contributed by atoms with Gasteiger partial charge in [0.2, 0.25) is 5.91 Å². The average molecular weight is 399 g/mol. The third-order valence-electron chi connectivity index (χ3n) is 5.94. The highest BCUT2D eigenvalue weighted by atomic mass is 35.5. The number of anilines is 1. The van der Waals surface area contributed by atoms with E-state index in [9.17, 15) is 14.7 Å². The monoisotopic (exact) mass is 398 g/mol. The van der Waals surface area contributed by atoms with E-state index in [2.05, 4.69) is 24.5 Å². The van der Waals surface area contributed by atoms with Crippen molar-refractivity contribution in [2.75, 3.05) is 5.32 Å². The average Bonchev–Trinajstić information content (AvgIpc) is 3.12. The van der Waals surface area contributed by atoms with Crippen LogP contribution in [0.25, 0.3) is 0 Å². The van der Waals surface area contributed by atoms with E-state index >= 15 is 0 Å². The van der Waals surface area contributed by atoms with Gasteiger partial charge in [-0.25, -0.2) is 0 Å². The first-order chi connectivity index (χ1) is 13.4. The molecule has 1 amide bonds. The van der Waals surface area contributed by atoms with Crippen LogP contribution in [0.4, 0.5) is 5.69 Å². The summed E-state index contributed by atoms with van der Waals surface area (Å²) in [7, 11) is 0. The highest BCUT2D eigenvalue weighted by Gasteiger charge is 2.65. The summed E-state index contributed by atoms with van der Waals surface area (Å²) in [6.45, 7) is 4.16. The van der Waals surface area contributed by atoms with Crippen molar-refractivity contribution in [3.63, 3.8) is 0 Å². The predicted molar refractivity (Wildman–Crippen MR) is 109 cm³/mol. The Kier molecular flexibility index (Phi) is 4.68. The molecule has 1 saturated heterocycles. The van der Waals surface area contributed by atoms with Crippen molar-refractivity contribution >= 4 is 29.2 Å². The smallest absolute Gasteiger partial charge is 0.321 e. The number of fused-ring (bicyclic) bond motifs is 2. The lowest BCUT2D eigenvalue weighted by atomic mass is 9.63. The Labute approximate surface area is 169 Å². The van der Waals surface area contributed by atoms with Gasteiger partial charge < -0.3 is 10.4 Å². The zero-order chi connectivity index (χ0) is 20.1. The van der Waals surface area contributed by atoms with Crippen molar-refractivity contribution in [3.05, 3.63) is 64.7 Å². The number of carbonyl (C=O) groups is 2. The molecule has 0 saturated carbocycles. The quantitative estimate of drug-likeness (QED) is 0.732. The second-order valence-corrected chi connectivity index (χ2v) is 8.50. The first-order valence-electron chi connectivity index (χ1n) is 9.51. The van der Waals surface area contributed by atoms with Crippen LogP contribution in [-0.4, -0.2) is 29.1 Å². The Morgan fingerprint density at radius 3 is 2.57 bits per heavy atom. The van der Waals surface area contributed by atoms with Gasteiger partial charge in [0.05, 0.1) is 0 Å². The van der Waals surface area contributed by atoms with Crippen molar-refractivity contribution < 1.29 is 14.7 Å². The summed E-state index contributed by atoms with van der Waals surface area (Å²) in [5, 5.41) is 16.8. The first-order valence-corrected chi connectivity index (χ1v) is 9.88. The Bertz CT molecular complexity index is 931. The van der Waals surface area contributed by atoms with Crippen LogP contribution in [0.5, 0.6) is 0 Å². The van der Waals surface area contributed by atoms with Crippen LogP contribution in [0.3, 0.4) is 0 Å². The molecule has 0 radical (unpaired) electrons. The molecular formula is C22H23ClN2O3. The molecule has 4 atom stereocenters. The van der Waals surface area contributed by atoms with Gasteiger partial charge in [-0.2, -0.15) is 0 Å². The van der Waals surface area contributed by atoms with E-state index in [0.29, 0.717) is 23.0 Å². The number of amides is 1. The lowest BCUT2D eigenvalue weighted by Crippen LogP contribution is -2.48. The fourth-order valence-electron chi connectivity index (χ4n) is 4.96. The molecule has 2 aliphatic rings. The van der Waals surface area contributed by atoms with Gasteiger partial charge in [-0.3, -0.25) is 14.9 Å². The summed E-state index contributed by atoms with van der Waals surface area (Å²) < 4.78 is 0. The van der Waals surface area contributed by atoms with Crippen molar-refractivity contribution in [1.82, 2.24) is 5.32 Å². The molecule has 0 aliphatic carbocycles. The Balaban J connectivity index is 1.99. The minimum atomic E-state index is -1.01. The molecule has 1 fully saturated rings. The molecule has 4 rings (SSSR count). The van der Waals surface area contributed by atoms with Gasteiger partial charge in [0.15, 0.2) is 0 Å². The van der Waals surface area contributed by atoms with Gasteiger partial charge in [0, 0.05) is 22.7 Å². The van der Waals surface area contributed by atoms with E-state index in [1.165, 1.54) is 0 Å². The maximum absolute atomic E-state index is 13.5. The van der Waals surface area contributed by atoms with Crippen LogP contribution in [0.1, 0.15) is 37.3 Å². The number of benzene rings is 2. The van der Waals surface area contributed by atoms with Gasteiger partial charge in [0.1, 0.15) is 11.5 Å². The SMILES string of the molecule is CC(C)C[C@H]1N[C@@H](C(=O)O)[C@H](c2ccccc2)[C@@]12C(=O)Nc1cc(Cl)ccc12. The number of carboxylic acid groups (broad SMARTS) is 1. The summed E-state index contributed by atoms with van der Waals surface area (Å²) >= 11 is 6.16. The van der Waals surface area contributed by atoms with Crippen molar-refractivity contribution in [1.29, 1.82) is 0 Å². The van der Waals surface area contributed by atoms with E-state index in [4.69, 9.17) is 11.6 Å². The molecule has 3 N–H and O–H groups in total. The molecule has 2 aromatic rings. The second-order valence-electron chi connectivity index (χ2n) is 8.07. The van der Waals surface area contributed by atoms with Gasteiger partial charge in [-0.15, -0.1) is 0 Å². The molecule has 28 heavy (non-hydrogen) atoms. The van der Waals surface area contributed by atoms with Crippen LogP contribution < -0.4 is 10.6 Å². The van der Waals surface area contributed by atoms with Crippen molar-refractivity contribution in [3.8, 4) is 0 Å². The maximum atomic E-state index is 13.5. The molecular weight excluding hydrogens is 376 g/mol. The molecule has 1 spiro atoms. The summed E-state index contributed by atoms with van der Waals surface area (Å²) in [6, 6.07) is 13.7. The van der Waals surface area contributed by atoms with E-state index < -0.39 is 23.3 Å². The molecule has 146 valence electrons. The third-order valence-corrected chi connectivity index (χ3v) is 6.17. The number of rotatable bonds is 4. The predicted octanol–water partition coefficient (Wildman–Crippen LogP) is 3.78. The lowest BCUT2D eigenvalue weighted by molar-refractivity contribution is -0.139. The topological polar surface area (TPSA) is 78.4 Å². The van der Waals surface area contributed by atoms with E-state index in [-0.39, 0.29) is 11.9 Å². The normalized spacial score (nSPS) is 28.6. The number of hydrogen-bond acceptors (Lipinski definition) is 3. The molecule has 2 aromatic carbocycles. The van der Waals surface area contributed by atoms with Crippen molar-refractivity contribution in [2.45, 2.75) is 43.7 Å². The standard InChI is InChI=1S/C22H23ClN2O3/c1-12(2)10-17-22(15-9-8-14(23)11-16(15)24-21(22)28)18(19(25-17)20(26)27)13-6-4-3-5-7-13/h3-9,11-12,17-19,25H,10H2,1-2H3,(H,24,28)(H,26,27)/t17-,18+,19-,22+/m1/s1. The summed E-state index contributed by atoms with van der Waals surface area (Å²) in [6.07, 6.45) is 0.683. The Hall–Kier alpha value is -2.37. The number of halogens is 1. The van der Waals surface area contributed by atoms with Gasteiger partial charge in [-0.05, 0) is 35.6 Å². The third kappa shape index (κ3) is 2.73. The zero-order valence-corrected chi connectivity index (χ0v) is 16.5. The molecule has 0 aromatic heterocycles. The summed E-state index contributed by atoms with van der Waals surface area (Å²) in [5.74, 6) is -1.35. The molecule has 6 heteroatoms. The second kappa shape index (κ2) is 6.90. The molecule has 2 heterocycles. The van der Waals surface area contributed by atoms with E-state index in [1.807, 2.05) is 36.4 Å². The number of hydrogen-bond donors (Lipinski definition) is 3. The maximum Gasteiger partial charge on any atom is 0.321 e. The minimum Gasteiger partial charge on any atom is -0.480 e. The van der Waals surface area contributed by atoms with Crippen LogP contribution in [0.2, 0.25) is 5.02 Å². The van der Waals surface area contributed by atoms with Crippen LogP contribution in [-0.2, 0) is 15.0 Å². The number of carboxylic acids is 1. The molecule has 0 bridgehead atoms. The fraction of sp³-hybridized carbons (Fsp3) is 0.364. The molecule has 2 aliphatic heterocycles. The number of aliphatic carboxylic acids is 1. The summed E-state index contributed by atoms with van der Waals surface area (Å²) in [4.78, 5) is 25.7. The summed E-state index contributed by atoms with van der Waals surface area (Å²) in [5.41, 5.74) is 1.32. The molecule has 5 nitrogen and oxygen atoms in total. The molecule has 0 unspecified atom stereocenters. The lowest BCUT2D eigenvalue weighted by Gasteiger charge is -2.35. The number of carbonyl (C=O) groups excluding carboxylic acids is 1. The minimum absolute atomic E-state index is 0.166. The largest absolute Gasteiger partial charge is 0.480 e. The fourth-order valence-corrected chi connectivity index (χ4v) is 5.13.